The van der Waals surface area contributed by atoms with Crippen LogP contribution in [0, 0.1) is 0 Å². The predicted molar refractivity (Wildman–Crippen MR) is 81.9 cm³/mol. The van der Waals surface area contributed by atoms with Crippen molar-refractivity contribution >= 4 is 33.3 Å². The first-order chi connectivity index (χ1) is 10.6. The summed E-state index contributed by atoms with van der Waals surface area (Å²) in [5.41, 5.74) is 2.39. The van der Waals surface area contributed by atoms with Gasteiger partial charge in [-0.2, -0.15) is 4.98 Å². The van der Waals surface area contributed by atoms with Gasteiger partial charge in [-0.1, -0.05) is 15.9 Å². The number of ketones is 2. The molecule has 9 nitrogen and oxygen atoms in total. The minimum atomic E-state index is -2.18. The Morgan fingerprint density at radius 3 is 2.61 bits per heavy atom. The van der Waals surface area contributed by atoms with Crippen molar-refractivity contribution in [3.05, 3.63) is 22.7 Å². The number of nitrogen functional groups attached to an aromatic ring is 1. The molecule has 0 spiro atoms. The standard InChI is InChI=1S/C13H16BrN3O6/c1-5(18)8(20)9-10(14)13(22,6(2)19)11(23-9)17-4-3-7(15)16-12(17)21/h3-4,8-11,20,22H,1-2H3,(H2,15,16,21)/t8?,9-,10+,11-,13-/m1/s1. The number of nitrogens with zero attached hydrogens (tertiary/aromatic N) is 2. The van der Waals surface area contributed by atoms with E-state index in [1.165, 1.54) is 12.3 Å². The van der Waals surface area contributed by atoms with Gasteiger partial charge in [0.05, 0.1) is 4.83 Å². The first-order valence-corrected chi connectivity index (χ1v) is 7.58. The lowest BCUT2D eigenvalue weighted by Gasteiger charge is -2.29. The van der Waals surface area contributed by atoms with E-state index in [1.807, 2.05) is 0 Å². The second kappa shape index (κ2) is 6.11. The minimum absolute atomic E-state index is 0.0358. The summed E-state index contributed by atoms with van der Waals surface area (Å²) in [4.78, 5) is 37.8. The SMILES string of the molecule is CC(=O)C(O)[C@H]1O[C@@H](n2ccc(N)nc2=O)[C@@](O)(C(C)=O)[C@H]1Br. The first kappa shape index (κ1) is 17.7. The highest BCUT2D eigenvalue weighted by atomic mass is 79.9. The maximum atomic E-state index is 12.0. The lowest BCUT2D eigenvalue weighted by atomic mass is 9.91. The van der Waals surface area contributed by atoms with Gasteiger partial charge in [0.2, 0.25) is 0 Å². The molecule has 1 aromatic heterocycles. The molecule has 4 N–H and O–H groups in total. The van der Waals surface area contributed by atoms with Crippen LogP contribution in [-0.4, -0.2) is 54.0 Å². The summed E-state index contributed by atoms with van der Waals surface area (Å²) in [6, 6.07) is 1.29. The highest BCUT2D eigenvalue weighted by Gasteiger charge is 2.61. The van der Waals surface area contributed by atoms with Crippen LogP contribution >= 0.6 is 15.9 Å². The van der Waals surface area contributed by atoms with Crippen molar-refractivity contribution in [2.45, 2.75) is 42.7 Å². The number of ether oxygens (including phenoxy) is 1. The van der Waals surface area contributed by atoms with Crippen LogP contribution in [0.25, 0.3) is 0 Å². The molecule has 10 heteroatoms. The largest absolute Gasteiger partial charge is 0.383 e. The molecule has 1 aliphatic rings. The molecule has 0 bridgehead atoms. The number of aliphatic hydroxyl groups excluding tert-OH is 1. The van der Waals surface area contributed by atoms with Gasteiger partial charge in [0.25, 0.3) is 0 Å². The van der Waals surface area contributed by atoms with E-state index in [0.717, 1.165) is 18.4 Å². The normalized spacial score (nSPS) is 31.8. The van der Waals surface area contributed by atoms with Crippen LogP contribution in [0.4, 0.5) is 5.82 Å². The lowest BCUT2D eigenvalue weighted by molar-refractivity contribution is -0.151. The maximum Gasteiger partial charge on any atom is 0.351 e. The minimum Gasteiger partial charge on any atom is -0.383 e. The molecule has 5 atom stereocenters. The monoisotopic (exact) mass is 389 g/mol. The Kier molecular flexibility index (Phi) is 4.71. The highest BCUT2D eigenvalue weighted by molar-refractivity contribution is 9.09. The fourth-order valence-electron chi connectivity index (χ4n) is 2.42. The van der Waals surface area contributed by atoms with Crippen LogP contribution in [0.1, 0.15) is 20.1 Å². The van der Waals surface area contributed by atoms with Gasteiger partial charge < -0.3 is 20.7 Å². The van der Waals surface area contributed by atoms with Crippen molar-refractivity contribution in [2.24, 2.45) is 0 Å². The Hall–Kier alpha value is -1.62. The van der Waals surface area contributed by atoms with E-state index in [-0.39, 0.29) is 5.82 Å². The first-order valence-electron chi connectivity index (χ1n) is 6.66. The molecule has 23 heavy (non-hydrogen) atoms. The summed E-state index contributed by atoms with van der Waals surface area (Å²) in [5, 5.41) is 20.7. The maximum absolute atomic E-state index is 12.0. The van der Waals surface area contributed by atoms with E-state index in [9.17, 15) is 24.6 Å². The van der Waals surface area contributed by atoms with E-state index < -0.39 is 46.1 Å². The molecule has 2 heterocycles. The number of carbonyl (C=O) groups excluding carboxylic acids is 2. The van der Waals surface area contributed by atoms with E-state index in [4.69, 9.17) is 10.5 Å². The van der Waals surface area contributed by atoms with Crippen molar-refractivity contribution in [2.75, 3.05) is 5.73 Å². The number of alkyl halides is 1. The number of Topliss-reactive ketones (excluding diaryl/α,β-unsaturated/α-hetero) is 2. The number of anilines is 1. The second-order valence-electron chi connectivity index (χ2n) is 5.33. The van der Waals surface area contributed by atoms with Gasteiger partial charge in [0.15, 0.2) is 23.4 Å². The lowest BCUT2D eigenvalue weighted by Crippen LogP contribution is -2.52. The van der Waals surface area contributed by atoms with Gasteiger partial charge in [-0.3, -0.25) is 14.2 Å². The predicted octanol–water partition coefficient (Wildman–Crippen LogP) is -1.24. The van der Waals surface area contributed by atoms with Crippen LogP contribution in [0.15, 0.2) is 17.1 Å². The zero-order valence-corrected chi connectivity index (χ0v) is 13.9. The number of aliphatic hydroxyl groups is 2. The van der Waals surface area contributed by atoms with E-state index in [0.29, 0.717) is 0 Å². The van der Waals surface area contributed by atoms with E-state index >= 15 is 0 Å². The van der Waals surface area contributed by atoms with Crippen LogP contribution in [0.3, 0.4) is 0 Å². The number of aromatic nitrogens is 2. The summed E-state index contributed by atoms with van der Waals surface area (Å²) < 4.78 is 6.36. The Bertz CT molecular complexity index is 707. The Labute approximate surface area is 139 Å². The summed E-state index contributed by atoms with van der Waals surface area (Å²) in [5.74, 6) is -1.34. The fourth-order valence-corrected chi connectivity index (χ4v) is 3.39. The number of halogens is 1. The molecule has 0 aliphatic carbocycles. The molecule has 126 valence electrons. The average Bonchev–Trinajstić information content (AvgIpc) is 2.72. The molecule has 1 fully saturated rings. The molecule has 1 aliphatic heterocycles. The van der Waals surface area contributed by atoms with Crippen LogP contribution < -0.4 is 11.4 Å². The van der Waals surface area contributed by atoms with Crippen molar-refractivity contribution in [3.63, 3.8) is 0 Å². The molecule has 0 aromatic carbocycles. The smallest absolute Gasteiger partial charge is 0.351 e. The summed E-state index contributed by atoms with van der Waals surface area (Å²) in [7, 11) is 0. The third kappa shape index (κ3) is 2.82. The third-order valence-electron chi connectivity index (χ3n) is 3.77. The number of hydrogen-bond donors (Lipinski definition) is 3. The average molecular weight is 390 g/mol. The topological polar surface area (TPSA) is 145 Å². The Balaban J connectivity index is 2.54. The number of carbonyl (C=O) groups is 2. The molecular formula is C13H16BrN3O6. The number of hydrogen-bond acceptors (Lipinski definition) is 8. The summed E-state index contributed by atoms with van der Waals surface area (Å²) in [6.45, 7) is 2.26. The molecule has 0 amide bonds. The molecule has 1 saturated heterocycles. The van der Waals surface area contributed by atoms with Crippen LogP contribution in [-0.2, 0) is 14.3 Å². The second-order valence-corrected chi connectivity index (χ2v) is 6.32. The van der Waals surface area contributed by atoms with Crippen molar-refractivity contribution in [3.8, 4) is 0 Å². The van der Waals surface area contributed by atoms with E-state index in [1.54, 1.807) is 0 Å². The van der Waals surface area contributed by atoms with Gasteiger partial charge in [0, 0.05) is 6.20 Å². The van der Waals surface area contributed by atoms with Gasteiger partial charge in [-0.25, -0.2) is 4.79 Å². The molecule has 1 unspecified atom stereocenters. The van der Waals surface area contributed by atoms with Gasteiger partial charge >= 0.3 is 5.69 Å². The van der Waals surface area contributed by atoms with Crippen molar-refractivity contribution < 1.29 is 24.5 Å². The zero-order chi connectivity index (χ0) is 17.5. The number of nitrogens with two attached hydrogens (primary N) is 1. The molecule has 1 aromatic rings. The quantitative estimate of drug-likeness (QED) is 0.542. The number of rotatable bonds is 4. The van der Waals surface area contributed by atoms with Crippen molar-refractivity contribution in [1.29, 1.82) is 0 Å². The van der Waals surface area contributed by atoms with Crippen LogP contribution in [0.2, 0.25) is 0 Å². The van der Waals surface area contributed by atoms with Gasteiger partial charge in [-0.15, -0.1) is 0 Å². The molecule has 0 saturated carbocycles. The Morgan fingerprint density at radius 2 is 2.13 bits per heavy atom. The highest BCUT2D eigenvalue weighted by Crippen LogP contribution is 2.43. The summed E-state index contributed by atoms with van der Waals surface area (Å²) >= 11 is 3.11. The summed E-state index contributed by atoms with van der Waals surface area (Å²) in [6.07, 6.45) is -3.06. The zero-order valence-electron chi connectivity index (χ0n) is 12.3. The third-order valence-corrected chi connectivity index (χ3v) is 4.99. The van der Waals surface area contributed by atoms with E-state index in [2.05, 4.69) is 20.9 Å². The Morgan fingerprint density at radius 1 is 1.52 bits per heavy atom. The fraction of sp³-hybridized carbons (Fsp3) is 0.538. The van der Waals surface area contributed by atoms with Gasteiger partial charge in [0.1, 0.15) is 18.0 Å². The molecule has 2 rings (SSSR count). The molecule has 0 radical (unpaired) electrons. The van der Waals surface area contributed by atoms with Gasteiger partial charge in [-0.05, 0) is 19.9 Å². The molecular weight excluding hydrogens is 374 g/mol. The van der Waals surface area contributed by atoms with Crippen molar-refractivity contribution in [1.82, 2.24) is 9.55 Å². The van der Waals surface area contributed by atoms with Crippen LogP contribution in [0.5, 0.6) is 0 Å².